The molecule has 21 heavy (non-hydrogen) atoms. The van der Waals surface area contributed by atoms with Gasteiger partial charge in [0.25, 0.3) is 0 Å². The third-order valence-corrected chi connectivity index (χ3v) is 2.93. The Morgan fingerprint density at radius 1 is 1.33 bits per heavy atom. The molecule has 6 nitrogen and oxygen atoms in total. The largest absolute Gasteiger partial charge is 0.495 e. The maximum Gasteiger partial charge on any atom is 0.319 e. The smallest absolute Gasteiger partial charge is 0.319 e. The van der Waals surface area contributed by atoms with Crippen molar-refractivity contribution in [1.82, 2.24) is 5.32 Å². The second-order valence-corrected chi connectivity index (χ2v) is 4.40. The highest BCUT2D eigenvalue weighted by molar-refractivity contribution is 5.90. The molecule has 0 spiro atoms. The fourth-order valence-electron chi connectivity index (χ4n) is 1.86. The number of rotatable bonds is 6. The van der Waals surface area contributed by atoms with Gasteiger partial charge in [-0.3, -0.25) is 0 Å². The second kappa shape index (κ2) is 7.35. The Bertz CT molecular complexity index is 569. The number of para-hydroxylation sites is 2. The summed E-state index contributed by atoms with van der Waals surface area (Å²) < 4.78 is 10.2. The van der Waals surface area contributed by atoms with Crippen LogP contribution in [0.15, 0.2) is 47.1 Å². The Hall–Kier alpha value is -2.47. The molecule has 1 heterocycles. The zero-order valence-electron chi connectivity index (χ0n) is 11.7. The van der Waals surface area contributed by atoms with Gasteiger partial charge in [-0.15, -0.1) is 0 Å². The molecule has 0 bridgehead atoms. The van der Waals surface area contributed by atoms with E-state index in [1.807, 2.05) is 6.07 Å². The van der Waals surface area contributed by atoms with Gasteiger partial charge in [-0.05, 0) is 30.7 Å². The van der Waals surface area contributed by atoms with Crippen molar-refractivity contribution in [3.8, 4) is 5.75 Å². The van der Waals surface area contributed by atoms with E-state index in [0.29, 0.717) is 30.2 Å². The van der Waals surface area contributed by atoms with Crippen LogP contribution in [-0.2, 0) is 0 Å². The number of aliphatic hydroxyl groups excluding tert-OH is 1. The van der Waals surface area contributed by atoms with Gasteiger partial charge in [0.05, 0.1) is 19.1 Å². The minimum absolute atomic E-state index is 0.322. The molecule has 0 radical (unpaired) electrons. The Balaban J connectivity index is 1.77. The zero-order chi connectivity index (χ0) is 15.1. The van der Waals surface area contributed by atoms with Gasteiger partial charge >= 0.3 is 6.03 Å². The third-order valence-electron chi connectivity index (χ3n) is 2.93. The Labute approximate surface area is 122 Å². The Morgan fingerprint density at radius 2 is 2.14 bits per heavy atom. The first-order valence-corrected chi connectivity index (χ1v) is 6.60. The normalized spacial score (nSPS) is 11.7. The molecule has 0 fully saturated rings. The number of ether oxygens (including phenoxy) is 1. The van der Waals surface area contributed by atoms with Crippen LogP contribution < -0.4 is 15.4 Å². The predicted molar refractivity (Wildman–Crippen MR) is 78.3 cm³/mol. The van der Waals surface area contributed by atoms with Crippen LogP contribution in [0.5, 0.6) is 5.75 Å². The van der Waals surface area contributed by atoms with Crippen LogP contribution in [0.3, 0.4) is 0 Å². The van der Waals surface area contributed by atoms with Crippen molar-refractivity contribution in [3.63, 3.8) is 0 Å². The zero-order valence-corrected chi connectivity index (χ0v) is 11.7. The molecule has 0 aliphatic heterocycles. The fraction of sp³-hybridized carbons (Fsp3) is 0.267. The molecular formula is C15H18N2O4. The summed E-state index contributed by atoms with van der Waals surface area (Å²) in [6.45, 7) is 0.322. The fourth-order valence-corrected chi connectivity index (χ4v) is 1.86. The van der Waals surface area contributed by atoms with E-state index in [1.54, 1.807) is 30.3 Å². The molecule has 1 aromatic heterocycles. The van der Waals surface area contributed by atoms with Crippen molar-refractivity contribution in [2.75, 3.05) is 19.0 Å². The first-order valence-electron chi connectivity index (χ1n) is 6.60. The van der Waals surface area contributed by atoms with E-state index < -0.39 is 6.10 Å². The summed E-state index contributed by atoms with van der Waals surface area (Å²) in [5.74, 6) is 1.07. The van der Waals surface area contributed by atoms with E-state index in [-0.39, 0.29) is 6.03 Å². The average molecular weight is 290 g/mol. The standard InChI is InChI=1S/C15H18N2O4/c1-20-13-6-3-2-5-11(13)17-15(19)16-9-8-12(18)14-7-4-10-21-14/h2-7,10,12,18H,8-9H2,1H3,(H2,16,17,19)/t12-/m0/s1. The third kappa shape index (κ3) is 4.25. The molecule has 2 rings (SSSR count). The first-order chi connectivity index (χ1) is 10.2. The van der Waals surface area contributed by atoms with E-state index in [0.717, 1.165) is 0 Å². The second-order valence-electron chi connectivity index (χ2n) is 4.40. The van der Waals surface area contributed by atoms with Gasteiger partial charge < -0.3 is 24.9 Å². The first kappa shape index (κ1) is 14.9. The molecule has 0 unspecified atom stereocenters. The SMILES string of the molecule is COc1ccccc1NC(=O)NCC[C@H](O)c1ccco1. The number of carbonyl (C=O) groups is 1. The number of aliphatic hydroxyl groups is 1. The minimum atomic E-state index is -0.730. The summed E-state index contributed by atoms with van der Waals surface area (Å²) in [4.78, 5) is 11.8. The van der Waals surface area contributed by atoms with E-state index >= 15 is 0 Å². The van der Waals surface area contributed by atoms with Gasteiger partial charge in [-0.25, -0.2) is 4.79 Å². The monoisotopic (exact) mass is 290 g/mol. The van der Waals surface area contributed by atoms with Crippen molar-refractivity contribution in [2.24, 2.45) is 0 Å². The quantitative estimate of drug-likeness (QED) is 0.763. The number of nitrogens with one attached hydrogen (secondary N) is 2. The molecule has 2 amide bonds. The molecular weight excluding hydrogens is 272 g/mol. The maximum atomic E-state index is 11.8. The van der Waals surface area contributed by atoms with Crippen LogP contribution in [0.1, 0.15) is 18.3 Å². The lowest BCUT2D eigenvalue weighted by Gasteiger charge is -2.12. The number of amides is 2. The lowest BCUT2D eigenvalue weighted by Crippen LogP contribution is -2.30. The van der Waals surface area contributed by atoms with E-state index in [1.165, 1.54) is 13.4 Å². The number of carbonyl (C=O) groups excluding carboxylic acids is 1. The van der Waals surface area contributed by atoms with Crippen LogP contribution in [0, 0.1) is 0 Å². The topological polar surface area (TPSA) is 83.7 Å². The number of hydrogen-bond donors (Lipinski definition) is 3. The molecule has 0 aliphatic rings. The maximum absolute atomic E-state index is 11.8. The Kier molecular flexibility index (Phi) is 5.22. The van der Waals surface area contributed by atoms with Crippen LogP contribution in [0.4, 0.5) is 10.5 Å². The number of benzene rings is 1. The molecule has 6 heteroatoms. The summed E-state index contributed by atoms with van der Waals surface area (Å²) in [5.41, 5.74) is 0.587. The van der Waals surface area contributed by atoms with Crippen LogP contribution in [0.2, 0.25) is 0 Å². The van der Waals surface area contributed by atoms with Crippen molar-refractivity contribution in [2.45, 2.75) is 12.5 Å². The van der Waals surface area contributed by atoms with Crippen LogP contribution >= 0.6 is 0 Å². The minimum Gasteiger partial charge on any atom is -0.495 e. The number of furan rings is 1. The number of methoxy groups -OCH3 is 1. The van der Waals surface area contributed by atoms with E-state index in [2.05, 4.69) is 10.6 Å². The van der Waals surface area contributed by atoms with Crippen molar-refractivity contribution in [3.05, 3.63) is 48.4 Å². The van der Waals surface area contributed by atoms with Crippen molar-refractivity contribution < 1.29 is 19.1 Å². The summed E-state index contributed by atoms with van der Waals surface area (Å²) in [6, 6.07) is 10.2. The number of anilines is 1. The summed E-state index contributed by atoms with van der Waals surface area (Å²) >= 11 is 0. The highest BCUT2D eigenvalue weighted by Gasteiger charge is 2.11. The molecule has 112 valence electrons. The molecule has 1 aromatic carbocycles. The predicted octanol–water partition coefficient (Wildman–Crippen LogP) is 2.53. The lowest BCUT2D eigenvalue weighted by molar-refractivity contribution is 0.140. The van der Waals surface area contributed by atoms with Gasteiger partial charge in [-0.1, -0.05) is 12.1 Å². The highest BCUT2D eigenvalue weighted by atomic mass is 16.5. The highest BCUT2D eigenvalue weighted by Crippen LogP contribution is 2.22. The molecule has 3 N–H and O–H groups in total. The number of hydrogen-bond acceptors (Lipinski definition) is 4. The molecule has 1 atom stereocenters. The number of urea groups is 1. The summed E-state index contributed by atoms with van der Waals surface area (Å²) in [6.07, 6.45) is 1.14. The van der Waals surface area contributed by atoms with Crippen LogP contribution in [0.25, 0.3) is 0 Å². The molecule has 2 aromatic rings. The van der Waals surface area contributed by atoms with E-state index in [4.69, 9.17) is 9.15 Å². The molecule has 0 aliphatic carbocycles. The average Bonchev–Trinajstić information content (AvgIpc) is 3.02. The Morgan fingerprint density at radius 3 is 2.86 bits per heavy atom. The molecule has 0 saturated carbocycles. The van der Waals surface area contributed by atoms with Gasteiger partial charge in [0.15, 0.2) is 0 Å². The summed E-state index contributed by atoms with van der Waals surface area (Å²) in [7, 11) is 1.54. The van der Waals surface area contributed by atoms with Gasteiger partial charge in [0, 0.05) is 6.54 Å². The van der Waals surface area contributed by atoms with Gasteiger partial charge in [0.2, 0.25) is 0 Å². The lowest BCUT2D eigenvalue weighted by atomic mass is 10.2. The van der Waals surface area contributed by atoms with Gasteiger partial charge in [0.1, 0.15) is 17.6 Å². The van der Waals surface area contributed by atoms with Gasteiger partial charge in [-0.2, -0.15) is 0 Å². The van der Waals surface area contributed by atoms with Crippen molar-refractivity contribution in [1.29, 1.82) is 0 Å². The van der Waals surface area contributed by atoms with Crippen LogP contribution in [-0.4, -0.2) is 24.8 Å². The molecule has 0 saturated heterocycles. The van der Waals surface area contributed by atoms with Crippen molar-refractivity contribution >= 4 is 11.7 Å². The van der Waals surface area contributed by atoms with E-state index in [9.17, 15) is 9.90 Å². The summed E-state index contributed by atoms with van der Waals surface area (Å²) in [5, 5.41) is 15.2.